The molecule has 0 radical (unpaired) electrons. The lowest BCUT2D eigenvalue weighted by Crippen LogP contribution is -2.23. The predicted octanol–water partition coefficient (Wildman–Crippen LogP) is 2.25. The van der Waals surface area contributed by atoms with E-state index in [2.05, 4.69) is 0 Å². The molecule has 0 spiro atoms. The Morgan fingerprint density at radius 3 is 2.04 bits per heavy atom. The molecule has 0 saturated heterocycles. The molecule has 1 aliphatic rings. The Kier molecular flexibility index (Phi) is 4.23. The van der Waals surface area contributed by atoms with Crippen molar-refractivity contribution in [2.45, 2.75) is 16.1 Å². The number of sulfone groups is 1. The molecule has 2 atom stereocenters. The molecule has 1 aliphatic carbocycles. The summed E-state index contributed by atoms with van der Waals surface area (Å²) in [5.74, 6) is -0.431. The molecular formula is C17H17ClO4S. The lowest BCUT2D eigenvalue weighted by Gasteiger charge is -2.11. The van der Waals surface area contributed by atoms with Gasteiger partial charge in [0.2, 0.25) is 0 Å². The highest BCUT2D eigenvalue weighted by Gasteiger charge is 2.70. The predicted molar refractivity (Wildman–Crippen MR) is 88.2 cm³/mol. The normalized spacial score (nSPS) is 22.7. The highest BCUT2D eigenvalue weighted by Crippen LogP contribution is 2.63. The zero-order valence-corrected chi connectivity index (χ0v) is 13.8. The third kappa shape index (κ3) is 2.58. The topological polar surface area (TPSA) is 74.6 Å². The van der Waals surface area contributed by atoms with Crippen molar-refractivity contribution in [3.8, 4) is 0 Å². The maximum absolute atomic E-state index is 13.0. The molecule has 23 heavy (non-hydrogen) atoms. The van der Waals surface area contributed by atoms with Crippen LogP contribution >= 0.6 is 11.6 Å². The van der Waals surface area contributed by atoms with Gasteiger partial charge in [0, 0.05) is 16.4 Å². The van der Waals surface area contributed by atoms with Gasteiger partial charge in [-0.05, 0) is 29.8 Å². The molecule has 1 saturated carbocycles. The van der Waals surface area contributed by atoms with E-state index in [1.807, 2.05) is 30.3 Å². The first-order valence-electron chi connectivity index (χ1n) is 7.23. The van der Waals surface area contributed by atoms with Gasteiger partial charge >= 0.3 is 0 Å². The van der Waals surface area contributed by atoms with Crippen molar-refractivity contribution in [3.63, 3.8) is 0 Å². The van der Waals surface area contributed by atoms with Gasteiger partial charge < -0.3 is 10.2 Å². The second-order valence-corrected chi connectivity index (χ2v) is 8.36. The summed E-state index contributed by atoms with van der Waals surface area (Å²) in [6.45, 7) is -0.777. The third-order valence-electron chi connectivity index (χ3n) is 4.60. The van der Waals surface area contributed by atoms with Crippen molar-refractivity contribution >= 4 is 21.4 Å². The molecule has 0 aliphatic heterocycles. The molecule has 6 heteroatoms. The molecule has 122 valence electrons. The van der Waals surface area contributed by atoms with E-state index in [1.165, 1.54) is 24.3 Å². The molecule has 3 rings (SSSR count). The minimum Gasteiger partial charge on any atom is -0.396 e. The van der Waals surface area contributed by atoms with Crippen molar-refractivity contribution < 1.29 is 18.6 Å². The molecule has 1 fully saturated rings. The summed E-state index contributed by atoms with van der Waals surface area (Å²) in [4.78, 5) is 0.150. The van der Waals surface area contributed by atoms with E-state index in [1.54, 1.807) is 0 Å². The molecule has 0 heterocycles. The number of hydrogen-bond acceptors (Lipinski definition) is 4. The van der Waals surface area contributed by atoms with Crippen LogP contribution < -0.4 is 0 Å². The van der Waals surface area contributed by atoms with Gasteiger partial charge in [-0.15, -0.1) is 0 Å². The lowest BCUT2D eigenvalue weighted by molar-refractivity contribution is 0.130. The van der Waals surface area contributed by atoms with Gasteiger partial charge in [0.25, 0.3) is 0 Å². The Morgan fingerprint density at radius 1 is 0.957 bits per heavy atom. The fourth-order valence-corrected chi connectivity index (χ4v) is 5.86. The number of hydrogen-bond donors (Lipinski definition) is 2. The number of aliphatic hydroxyl groups is 2. The fourth-order valence-electron chi connectivity index (χ4n) is 3.31. The molecule has 0 amide bonds. The van der Waals surface area contributed by atoms with E-state index in [0.29, 0.717) is 5.02 Å². The Hall–Kier alpha value is -1.40. The molecule has 0 bridgehead atoms. The number of benzene rings is 2. The van der Waals surface area contributed by atoms with Crippen LogP contribution in [-0.4, -0.2) is 37.1 Å². The van der Waals surface area contributed by atoms with Crippen molar-refractivity contribution in [3.05, 3.63) is 65.2 Å². The first kappa shape index (κ1) is 16.5. The highest BCUT2D eigenvalue weighted by molar-refractivity contribution is 7.92. The second-order valence-electron chi connectivity index (χ2n) is 5.86. The van der Waals surface area contributed by atoms with Gasteiger partial charge in [-0.1, -0.05) is 41.9 Å². The third-order valence-corrected chi connectivity index (χ3v) is 7.19. The summed E-state index contributed by atoms with van der Waals surface area (Å²) in [6.07, 6.45) is 0. The molecule has 2 aromatic carbocycles. The number of rotatable bonds is 5. The van der Waals surface area contributed by atoms with Crippen LogP contribution in [0.4, 0.5) is 0 Å². The van der Waals surface area contributed by atoms with Crippen LogP contribution in [0.1, 0.15) is 11.5 Å². The zero-order valence-electron chi connectivity index (χ0n) is 12.3. The van der Waals surface area contributed by atoms with Crippen molar-refractivity contribution in [2.24, 2.45) is 5.41 Å². The van der Waals surface area contributed by atoms with Gasteiger partial charge in [-0.25, -0.2) is 8.42 Å². The Morgan fingerprint density at radius 2 is 1.52 bits per heavy atom. The minimum atomic E-state index is -3.69. The zero-order chi connectivity index (χ0) is 16.7. The maximum Gasteiger partial charge on any atom is 0.182 e. The summed E-state index contributed by atoms with van der Waals surface area (Å²) < 4.78 is 25.9. The number of aliphatic hydroxyl groups excluding tert-OH is 2. The van der Waals surface area contributed by atoms with E-state index in [-0.39, 0.29) is 18.1 Å². The smallest absolute Gasteiger partial charge is 0.182 e. The van der Waals surface area contributed by atoms with Crippen LogP contribution in [0.2, 0.25) is 5.02 Å². The Bertz CT molecular complexity index is 783. The average molecular weight is 353 g/mol. The maximum atomic E-state index is 13.0. The summed E-state index contributed by atoms with van der Waals surface area (Å²) in [5.41, 5.74) is -0.252. The van der Waals surface area contributed by atoms with E-state index < -0.39 is 26.4 Å². The first-order valence-corrected chi connectivity index (χ1v) is 9.16. The van der Waals surface area contributed by atoms with Crippen LogP contribution in [0.15, 0.2) is 59.5 Å². The van der Waals surface area contributed by atoms with Crippen LogP contribution in [0.25, 0.3) is 0 Å². The quantitative estimate of drug-likeness (QED) is 0.865. The van der Waals surface area contributed by atoms with Crippen molar-refractivity contribution in [1.82, 2.24) is 0 Å². The minimum absolute atomic E-state index is 0.150. The van der Waals surface area contributed by atoms with Gasteiger partial charge in [0.05, 0.1) is 23.4 Å². The van der Waals surface area contributed by atoms with E-state index in [4.69, 9.17) is 11.6 Å². The monoisotopic (exact) mass is 352 g/mol. The summed E-state index contributed by atoms with van der Waals surface area (Å²) in [5, 5.41) is 19.1. The molecule has 2 N–H and O–H groups in total. The molecule has 4 nitrogen and oxygen atoms in total. The Balaban J connectivity index is 2.05. The lowest BCUT2D eigenvalue weighted by atomic mass is 10.0. The van der Waals surface area contributed by atoms with Gasteiger partial charge in [0.15, 0.2) is 9.84 Å². The van der Waals surface area contributed by atoms with Crippen LogP contribution in [-0.2, 0) is 9.84 Å². The fraction of sp³-hybridized carbons (Fsp3) is 0.294. The van der Waals surface area contributed by atoms with E-state index >= 15 is 0 Å². The van der Waals surface area contributed by atoms with Gasteiger partial charge in [-0.3, -0.25) is 0 Å². The van der Waals surface area contributed by atoms with Crippen molar-refractivity contribution in [1.29, 1.82) is 0 Å². The van der Waals surface area contributed by atoms with Gasteiger partial charge in [0.1, 0.15) is 0 Å². The molecular weight excluding hydrogens is 336 g/mol. The molecule has 0 unspecified atom stereocenters. The standard InChI is InChI=1S/C17H17ClO4S/c18-13-6-8-14(9-7-13)23(21,22)16-15(17(16,10-19)11-20)12-4-2-1-3-5-12/h1-9,15-16,19-20H,10-11H2/t15-,16+/m0/s1. The Labute approximate surface area is 140 Å². The molecule has 2 aromatic rings. The first-order chi connectivity index (χ1) is 11.0. The number of halogens is 1. The summed E-state index contributed by atoms with van der Waals surface area (Å²) in [7, 11) is -3.69. The van der Waals surface area contributed by atoms with Gasteiger partial charge in [-0.2, -0.15) is 0 Å². The average Bonchev–Trinajstić information content (AvgIpc) is 3.27. The SMILES string of the molecule is O=S(=O)(c1ccc(Cl)cc1)[C@@H]1[C@H](c2ccccc2)C1(CO)CO. The van der Waals surface area contributed by atoms with E-state index in [9.17, 15) is 18.6 Å². The van der Waals surface area contributed by atoms with Crippen LogP contribution in [0.3, 0.4) is 0 Å². The van der Waals surface area contributed by atoms with Crippen LogP contribution in [0.5, 0.6) is 0 Å². The summed E-state index contributed by atoms with van der Waals surface area (Å²) >= 11 is 5.82. The second kappa shape index (κ2) is 5.91. The molecule has 0 aromatic heterocycles. The highest BCUT2D eigenvalue weighted by atomic mass is 35.5. The largest absolute Gasteiger partial charge is 0.396 e. The van der Waals surface area contributed by atoms with Crippen LogP contribution in [0, 0.1) is 5.41 Å². The summed E-state index contributed by atoms with van der Waals surface area (Å²) in [6, 6.07) is 15.1. The van der Waals surface area contributed by atoms with E-state index in [0.717, 1.165) is 5.56 Å². The van der Waals surface area contributed by atoms with Crippen molar-refractivity contribution in [2.75, 3.05) is 13.2 Å².